The van der Waals surface area contributed by atoms with Crippen molar-refractivity contribution in [3.8, 4) is 0 Å². The molecule has 2 aliphatic rings. The summed E-state index contributed by atoms with van der Waals surface area (Å²) in [5.41, 5.74) is -0.759. The first-order valence-corrected chi connectivity index (χ1v) is 5.93. The Morgan fingerprint density at radius 3 is 3.06 bits per heavy atom. The highest BCUT2D eigenvalue weighted by atomic mass is 16.2. The van der Waals surface area contributed by atoms with Crippen LogP contribution in [0.5, 0.6) is 0 Å². The molecule has 1 saturated heterocycles. The number of nitrogens with one attached hydrogen (secondary N) is 1. The van der Waals surface area contributed by atoms with Gasteiger partial charge in [-0.25, -0.2) is 16.2 Å². The number of hydrogen-bond acceptors (Lipinski definition) is 4. The first-order valence-electron chi connectivity index (χ1n) is 5.93. The van der Waals surface area contributed by atoms with Crippen molar-refractivity contribution in [3.63, 3.8) is 0 Å². The van der Waals surface area contributed by atoms with Crippen LogP contribution in [0.3, 0.4) is 0 Å². The van der Waals surface area contributed by atoms with Crippen molar-refractivity contribution in [2.24, 2.45) is 0 Å². The average Bonchev–Trinajstić information content (AvgIpc) is 2.97. The summed E-state index contributed by atoms with van der Waals surface area (Å²) in [5.74, 6) is 0.379. The topological polar surface area (TPSA) is 67.4 Å². The lowest BCUT2D eigenvalue weighted by Gasteiger charge is -2.23. The van der Waals surface area contributed by atoms with Crippen LogP contribution in [0.2, 0.25) is 0 Å². The number of fused-ring (bicyclic) bond motifs is 2. The molecule has 3 rings (SSSR count). The molecule has 0 saturated carbocycles. The molecule has 2 aliphatic heterocycles. The highest BCUT2D eigenvalue weighted by molar-refractivity contribution is 5.99. The molecule has 7 nitrogen and oxygen atoms in total. The number of carbonyl (C=O) groups excluding carboxylic acids is 1. The predicted octanol–water partition coefficient (Wildman–Crippen LogP) is 0.285. The van der Waals surface area contributed by atoms with Crippen LogP contribution in [0.4, 0.5) is 5.95 Å². The number of aromatic nitrogens is 3. The van der Waals surface area contributed by atoms with Crippen molar-refractivity contribution in [2.45, 2.75) is 38.0 Å². The Bertz CT molecular complexity index is 544. The molecule has 0 radical (unpaired) electrons. The van der Waals surface area contributed by atoms with Gasteiger partial charge in [0.15, 0.2) is 5.54 Å². The number of rotatable bonds is 1. The quantitative estimate of drug-likeness (QED) is 0.723. The second-order valence-corrected chi connectivity index (χ2v) is 5.06. The second-order valence-electron chi connectivity index (χ2n) is 5.06. The lowest BCUT2D eigenvalue weighted by Crippen LogP contribution is -2.43. The summed E-state index contributed by atoms with van der Waals surface area (Å²) in [4.78, 5) is 21.9. The molecule has 94 valence electrons. The van der Waals surface area contributed by atoms with Crippen molar-refractivity contribution in [1.82, 2.24) is 19.7 Å². The Morgan fingerprint density at radius 1 is 1.67 bits per heavy atom. The highest BCUT2D eigenvalue weighted by Gasteiger charge is 2.59. The largest absolute Gasteiger partial charge is 0.296 e. The van der Waals surface area contributed by atoms with Crippen LogP contribution in [0.15, 0.2) is 6.33 Å². The molecule has 1 N–H and O–H groups in total. The summed E-state index contributed by atoms with van der Waals surface area (Å²) in [6.45, 7) is 11.9. The van der Waals surface area contributed by atoms with E-state index < -0.39 is 5.54 Å². The Kier molecular flexibility index (Phi) is 2.19. The SMILES string of the molecule is [C-]#[N+]C1CC2(CN1C(C)C)C(=O)Nc1ncnn12. The van der Waals surface area contributed by atoms with Crippen LogP contribution in [0.1, 0.15) is 20.3 Å². The summed E-state index contributed by atoms with van der Waals surface area (Å²) in [7, 11) is 0. The summed E-state index contributed by atoms with van der Waals surface area (Å²) < 4.78 is 1.63. The molecular weight excluding hydrogens is 232 g/mol. The van der Waals surface area contributed by atoms with Crippen LogP contribution in [-0.4, -0.2) is 44.3 Å². The number of likely N-dealkylation sites (tertiary alicyclic amines) is 1. The zero-order chi connectivity index (χ0) is 12.9. The van der Waals surface area contributed by atoms with E-state index in [0.717, 1.165) is 0 Å². The summed E-state index contributed by atoms with van der Waals surface area (Å²) in [6, 6.07) is 0.226. The molecule has 1 spiro atoms. The van der Waals surface area contributed by atoms with Crippen molar-refractivity contribution in [2.75, 3.05) is 11.9 Å². The lowest BCUT2D eigenvalue weighted by molar-refractivity contribution is -0.123. The van der Waals surface area contributed by atoms with E-state index >= 15 is 0 Å². The summed E-state index contributed by atoms with van der Waals surface area (Å²) >= 11 is 0. The molecule has 1 fully saturated rings. The molecule has 0 aliphatic carbocycles. The van der Waals surface area contributed by atoms with Crippen LogP contribution in [0, 0.1) is 6.57 Å². The van der Waals surface area contributed by atoms with Gasteiger partial charge in [-0.3, -0.25) is 15.0 Å². The first kappa shape index (κ1) is 11.2. The number of hydrogen-bond donors (Lipinski definition) is 1. The molecule has 1 aromatic heterocycles. The number of nitrogens with zero attached hydrogens (tertiary/aromatic N) is 5. The number of anilines is 1. The van der Waals surface area contributed by atoms with Gasteiger partial charge in [0, 0.05) is 12.6 Å². The van der Waals surface area contributed by atoms with E-state index in [9.17, 15) is 4.79 Å². The molecule has 3 heterocycles. The van der Waals surface area contributed by atoms with Crippen LogP contribution in [-0.2, 0) is 10.3 Å². The molecule has 2 unspecified atom stereocenters. The predicted molar refractivity (Wildman–Crippen MR) is 63.5 cm³/mol. The van der Waals surface area contributed by atoms with Gasteiger partial charge in [-0.15, -0.1) is 0 Å². The molecule has 0 aromatic carbocycles. The van der Waals surface area contributed by atoms with Gasteiger partial charge in [0.25, 0.3) is 12.1 Å². The Morgan fingerprint density at radius 2 is 2.44 bits per heavy atom. The Hall–Kier alpha value is -1.94. The fourth-order valence-electron chi connectivity index (χ4n) is 2.81. The minimum absolute atomic E-state index is 0.102. The first-order chi connectivity index (χ1) is 8.58. The Balaban J connectivity index is 2.04. The molecule has 1 aromatic rings. The van der Waals surface area contributed by atoms with Gasteiger partial charge in [0.05, 0.1) is 6.42 Å². The van der Waals surface area contributed by atoms with E-state index in [-0.39, 0.29) is 18.1 Å². The van der Waals surface area contributed by atoms with Crippen molar-refractivity contribution in [1.29, 1.82) is 0 Å². The van der Waals surface area contributed by atoms with Gasteiger partial charge in [-0.2, -0.15) is 10.1 Å². The standard InChI is InChI=1S/C11H14N6O/c1-7(2)16-5-11(4-8(16)12-3)9(18)15-10-13-6-14-17(10)11/h6-8H,4-5H2,1-2H3,(H,13,14,15,18). The van der Waals surface area contributed by atoms with Gasteiger partial charge >= 0.3 is 0 Å². The highest BCUT2D eigenvalue weighted by Crippen LogP contribution is 2.40. The van der Waals surface area contributed by atoms with Gasteiger partial charge in [-0.05, 0) is 13.8 Å². The molecule has 7 heteroatoms. The normalized spacial score (nSPS) is 30.8. The van der Waals surface area contributed by atoms with Gasteiger partial charge in [0.1, 0.15) is 6.33 Å². The minimum Gasteiger partial charge on any atom is -0.296 e. The maximum atomic E-state index is 12.2. The maximum absolute atomic E-state index is 12.2. The van der Waals surface area contributed by atoms with E-state index in [2.05, 4.69) is 20.2 Å². The minimum atomic E-state index is -0.759. The zero-order valence-electron chi connectivity index (χ0n) is 10.3. The van der Waals surface area contributed by atoms with Crippen LogP contribution >= 0.6 is 0 Å². The summed E-state index contributed by atoms with van der Waals surface area (Å²) in [5, 5.41) is 6.87. The van der Waals surface area contributed by atoms with E-state index in [1.807, 2.05) is 18.7 Å². The second kappa shape index (κ2) is 3.53. The third-order valence-electron chi connectivity index (χ3n) is 3.76. The maximum Gasteiger partial charge on any atom is 0.282 e. The summed E-state index contributed by atoms with van der Waals surface area (Å²) in [6.07, 6.45) is 1.63. The smallest absolute Gasteiger partial charge is 0.282 e. The molecule has 1 amide bonds. The lowest BCUT2D eigenvalue weighted by atomic mass is 9.98. The fraction of sp³-hybridized carbons (Fsp3) is 0.636. The third kappa shape index (κ3) is 1.24. The van der Waals surface area contributed by atoms with E-state index in [4.69, 9.17) is 6.57 Å². The van der Waals surface area contributed by atoms with Crippen molar-refractivity contribution < 1.29 is 4.79 Å². The van der Waals surface area contributed by atoms with Crippen LogP contribution < -0.4 is 5.32 Å². The van der Waals surface area contributed by atoms with Gasteiger partial charge < -0.3 is 0 Å². The van der Waals surface area contributed by atoms with Crippen molar-refractivity contribution in [3.05, 3.63) is 17.7 Å². The average molecular weight is 246 g/mol. The van der Waals surface area contributed by atoms with E-state index in [1.165, 1.54) is 6.33 Å². The number of amides is 1. The van der Waals surface area contributed by atoms with E-state index in [0.29, 0.717) is 18.9 Å². The van der Waals surface area contributed by atoms with Crippen LogP contribution in [0.25, 0.3) is 4.85 Å². The van der Waals surface area contributed by atoms with Crippen molar-refractivity contribution >= 4 is 11.9 Å². The van der Waals surface area contributed by atoms with Gasteiger partial charge in [-0.1, -0.05) is 0 Å². The van der Waals surface area contributed by atoms with E-state index in [1.54, 1.807) is 4.68 Å². The third-order valence-corrected chi connectivity index (χ3v) is 3.76. The molecular formula is C11H14N6O. The molecule has 0 bridgehead atoms. The molecule has 18 heavy (non-hydrogen) atoms. The van der Waals surface area contributed by atoms with Gasteiger partial charge in [0.2, 0.25) is 5.95 Å². The monoisotopic (exact) mass is 246 g/mol. The molecule has 2 atom stereocenters. The zero-order valence-corrected chi connectivity index (χ0v) is 10.3. The fourth-order valence-corrected chi connectivity index (χ4v) is 2.81. The Labute approximate surface area is 105 Å². The number of carbonyl (C=O) groups is 1.